The van der Waals surface area contributed by atoms with Crippen LogP contribution in [0, 0.1) is 17.0 Å². The van der Waals surface area contributed by atoms with Crippen LogP contribution >= 0.6 is 11.6 Å². The number of aryl methyl sites for hydroxylation is 1. The van der Waals surface area contributed by atoms with Crippen LogP contribution in [-0.2, 0) is 0 Å². The summed E-state index contributed by atoms with van der Waals surface area (Å²) in [7, 11) is 0. The van der Waals surface area contributed by atoms with E-state index >= 15 is 0 Å². The average Bonchev–Trinajstić information content (AvgIpc) is 2.26. The number of nitro groups is 1. The topological polar surface area (TPSA) is 56.0 Å². The predicted octanol–water partition coefficient (Wildman–Crippen LogP) is 3.42. The number of hydrogen-bond donors (Lipinski definition) is 0. The van der Waals surface area contributed by atoms with Crippen molar-refractivity contribution >= 4 is 17.3 Å². The van der Waals surface area contributed by atoms with Crippen molar-refractivity contribution in [1.82, 2.24) is 4.98 Å². The second kappa shape index (κ2) is 5.25. The highest BCUT2D eigenvalue weighted by Crippen LogP contribution is 2.27. The second-order valence-corrected chi connectivity index (χ2v) is 4.43. The zero-order valence-electron chi connectivity index (χ0n) is 9.61. The molecule has 0 N–H and O–H groups in total. The highest BCUT2D eigenvalue weighted by molar-refractivity contribution is 6.21. The van der Waals surface area contributed by atoms with Gasteiger partial charge < -0.3 is 0 Å². The average molecular weight is 243 g/mol. The summed E-state index contributed by atoms with van der Waals surface area (Å²) in [5, 5.41) is 10.6. The molecule has 88 valence electrons. The Morgan fingerprint density at radius 3 is 2.69 bits per heavy atom. The molecule has 0 saturated heterocycles. The summed E-state index contributed by atoms with van der Waals surface area (Å²) in [6, 6.07) is 1.54. The molecule has 0 aliphatic heterocycles. The van der Waals surface area contributed by atoms with Crippen LogP contribution in [-0.4, -0.2) is 15.3 Å². The van der Waals surface area contributed by atoms with Crippen molar-refractivity contribution in [2.75, 3.05) is 0 Å². The lowest BCUT2D eigenvalue weighted by molar-refractivity contribution is -0.385. The molecular weight excluding hydrogens is 228 g/mol. The summed E-state index contributed by atoms with van der Waals surface area (Å²) in [6.07, 6.45) is 2.14. The summed E-state index contributed by atoms with van der Waals surface area (Å²) in [5.74, 6) is 0.104. The third kappa shape index (κ3) is 2.70. The van der Waals surface area contributed by atoms with Gasteiger partial charge in [-0.15, -0.1) is 11.6 Å². The van der Waals surface area contributed by atoms with E-state index in [1.807, 2.05) is 20.8 Å². The maximum absolute atomic E-state index is 10.6. The Bertz CT molecular complexity index is 396. The number of pyridine rings is 1. The molecule has 0 bridgehead atoms. The van der Waals surface area contributed by atoms with Crippen LogP contribution in [0.1, 0.15) is 37.4 Å². The van der Waals surface area contributed by atoms with E-state index in [2.05, 4.69) is 4.98 Å². The zero-order chi connectivity index (χ0) is 12.3. The van der Waals surface area contributed by atoms with E-state index in [0.717, 1.165) is 17.7 Å². The largest absolute Gasteiger partial charge is 0.287 e. The fourth-order valence-electron chi connectivity index (χ4n) is 1.67. The molecule has 0 saturated carbocycles. The molecular formula is C11H15ClN2O2. The van der Waals surface area contributed by atoms with E-state index in [1.165, 1.54) is 12.3 Å². The highest BCUT2D eigenvalue weighted by Gasteiger charge is 2.19. The molecule has 1 rings (SSSR count). The molecule has 1 aromatic heterocycles. The van der Waals surface area contributed by atoms with E-state index in [9.17, 15) is 10.1 Å². The van der Waals surface area contributed by atoms with Gasteiger partial charge in [0.05, 0.1) is 4.92 Å². The second-order valence-electron chi connectivity index (χ2n) is 3.87. The summed E-state index contributed by atoms with van der Waals surface area (Å²) < 4.78 is 0. The minimum Gasteiger partial charge on any atom is -0.258 e. The number of aromatic nitrogens is 1. The molecule has 4 nitrogen and oxygen atoms in total. The van der Waals surface area contributed by atoms with Gasteiger partial charge in [-0.2, -0.15) is 0 Å². The standard InChI is InChI=1S/C11H15ClN2O2/c1-4-10(12)8(3)11-7(2)5-9(6-13-11)14(15)16/h5-6,8,10H,4H2,1-3H3. The maximum atomic E-state index is 10.6. The van der Waals surface area contributed by atoms with Gasteiger partial charge in [-0.3, -0.25) is 15.1 Å². The molecule has 0 spiro atoms. The van der Waals surface area contributed by atoms with Crippen molar-refractivity contribution < 1.29 is 4.92 Å². The maximum Gasteiger partial charge on any atom is 0.287 e. The van der Waals surface area contributed by atoms with E-state index in [-0.39, 0.29) is 17.0 Å². The number of rotatable bonds is 4. The quantitative estimate of drug-likeness (QED) is 0.462. The van der Waals surface area contributed by atoms with E-state index < -0.39 is 4.92 Å². The van der Waals surface area contributed by atoms with Crippen molar-refractivity contribution in [3.8, 4) is 0 Å². The fraction of sp³-hybridized carbons (Fsp3) is 0.545. The Balaban J connectivity index is 3.03. The first-order chi connectivity index (χ1) is 7.47. The van der Waals surface area contributed by atoms with Crippen molar-refractivity contribution in [2.45, 2.75) is 38.5 Å². The lowest BCUT2D eigenvalue weighted by Gasteiger charge is -2.17. The molecule has 0 aliphatic carbocycles. The van der Waals surface area contributed by atoms with Gasteiger partial charge in [0, 0.05) is 23.1 Å². The molecule has 0 aromatic carbocycles. The molecule has 2 unspecified atom stereocenters. The van der Waals surface area contributed by atoms with Gasteiger partial charge in [-0.25, -0.2) is 0 Å². The van der Waals surface area contributed by atoms with Gasteiger partial charge in [0.25, 0.3) is 5.69 Å². The van der Waals surface area contributed by atoms with Crippen LogP contribution in [0.25, 0.3) is 0 Å². The molecule has 0 fully saturated rings. The first-order valence-electron chi connectivity index (χ1n) is 5.22. The van der Waals surface area contributed by atoms with Gasteiger partial charge in [0.1, 0.15) is 6.20 Å². The Morgan fingerprint density at radius 2 is 2.25 bits per heavy atom. The summed E-state index contributed by atoms with van der Waals surface area (Å²) in [6.45, 7) is 5.82. The van der Waals surface area contributed by atoms with Crippen molar-refractivity contribution in [2.24, 2.45) is 0 Å². The van der Waals surface area contributed by atoms with Crippen molar-refractivity contribution in [1.29, 1.82) is 0 Å². The van der Waals surface area contributed by atoms with Gasteiger partial charge in [-0.1, -0.05) is 13.8 Å². The number of hydrogen-bond acceptors (Lipinski definition) is 3. The molecule has 0 amide bonds. The zero-order valence-corrected chi connectivity index (χ0v) is 10.4. The van der Waals surface area contributed by atoms with Crippen LogP contribution in [0.15, 0.2) is 12.3 Å². The van der Waals surface area contributed by atoms with Crippen molar-refractivity contribution in [3.63, 3.8) is 0 Å². The number of halogens is 1. The van der Waals surface area contributed by atoms with Crippen LogP contribution in [0.4, 0.5) is 5.69 Å². The predicted molar refractivity (Wildman–Crippen MR) is 64.0 cm³/mol. The Kier molecular flexibility index (Phi) is 4.24. The fourth-order valence-corrected chi connectivity index (χ4v) is 1.79. The Labute approximate surface area is 99.8 Å². The van der Waals surface area contributed by atoms with Crippen molar-refractivity contribution in [3.05, 3.63) is 33.6 Å². The highest BCUT2D eigenvalue weighted by atomic mass is 35.5. The molecule has 16 heavy (non-hydrogen) atoms. The first-order valence-corrected chi connectivity index (χ1v) is 5.66. The first kappa shape index (κ1) is 12.9. The molecule has 5 heteroatoms. The monoisotopic (exact) mass is 242 g/mol. The molecule has 2 atom stereocenters. The minimum atomic E-state index is -0.438. The third-order valence-electron chi connectivity index (χ3n) is 2.68. The lowest BCUT2D eigenvalue weighted by atomic mass is 9.97. The van der Waals surface area contributed by atoms with Gasteiger partial charge in [0.2, 0.25) is 0 Å². The van der Waals surface area contributed by atoms with Gasteiger partial charge >= 0.3 is 0 Å². The van der Waals surface area contributed by atoms with Gasteiger partial charge in [0.15, 0.2) is 0 Å². The molecule has 1 heterocycles. The SMILES string of the molecule is CCC(Cl)C(C)c1ncc([N+](=O)[O-])cc1C. The summed E-state index contributed by atoms with van der Waals surface area (Å²) in [5.41, 5.74) is 1.68. The normalized spacial score (nSPS) is 14.5. The van der Waals surface area contributed by atoms with E-state index in [4.69, 9.17) is 11.6 Å². The lowest BCUT2D eigenvalue weighted by Crippen LogP contribution is -2.11. The Hall–Kier alpha value is -1.16. The number of nitrogens with zero attached hydrogens (tertiary/aromatic N) is 2. The van der Waals surface area contributed by atoms with Crippen LogP contribution in [0.2, 0.25) is 0 Å². The molecule has 1 aromatic rings. The van der Waals surface area contributed by atoms with Gasteiger partial charge in [-0.05, 0) is 18.9 Å². The van der Waals surface area contributed by atoms with Crippen LogP contribution < -0.4 is 0 Å². The van der Waals surface area contributed by atoms with E-state index in [1.54, 1.807) is 0 Å². The Morgan fingerprint density at radius 1 is 1.62 bits per heavy atom. The smallest absolute Gasteiger partial charge is 0.258 e. The summed E-state index contributed by atoms with van der Waals surface area (Å²) in [4.78, 5) is 14.3. The third-order valence-corrected chi connectivity index (χ3v) is 3.37. The van der Waals surface area contributed by atoms with Crippen LogP contribution in [0.5, 0.6) is 0 Å². The van der Waals surface area contributed by atoms with Crippen LogP contribution in [0.3, 0.4) is 0 Å². The molecule has 0 radical (unpaired) electrons. The van der Waals surface area contributed by atoms with E-state index in [0.29, 0.717) is 0 Å². The number of alkyl halides is 1. The summed E-state index contributed by atoms with van der Waals surface area (Å²) >= 11 is 6.15. The minimum absolute atomic E-state index is 0.00709. The molecule has 0 aliphatic rings.